The van der Waals surface area contributed by atoms with Gasteiger partial charge in [0.1, 0.15) is 0 Å². The minimum atomic E-state index is -4.39. The van der Waals surface area contributed by atoms with Crippen LogP contribution in [0.4, 0.5) is 13.2 Å². The Balaban J connectivity index is 3.32. The zero-order valence-electron chi connectivity index (χ0n) is 6.40. The summed E-state index contributed by atoms with van der Waals surface area (Å²) in [4.78, 5) is 0. The van der Waals surface area contributed by atoms with Crippen LogP contribution in [0.25, 0.3) is 0 Å². The molecule has 5 heteroatoms. The van der Waals surface area contributed by atoms with E-state index >= 15 is 0 Å². The van der Waals surface area contributed by atoms with E-state index in [4.69, 9.17) is 5.11 Å². The first-order chi connectivity index (χ1) is 5.96. The SMILES string of the molecule is OCc1cccc(I)c1C(F)(F)F. The number of alkyl halides is 3. The lowest BCUT2D eigenvalue weighted by Crippen LogP contribution is -2.11. The fourth-order valence-electron chi connectivity index (χ4n) is 1.02. The molecule has 0 aliphatic heterocycles. The van der Waals surface area contributed by atoms with Crippen molar-refractivity contribution in [2.45, 2.75) is 12.8 Å². The Hall–Kier alpha value is -0.300. The fraction of sp³-hybridized carbons (Fsp3) is 0.250. The van der Waals surface area contributed by atoms with Gasteiger partial charge in [-0.2, -0.15) is 13.2 Å². The first kappa shape index (κ1) is 10.8. The van der Waals surface area contributed by atoms with E-state index in [9.17, 15) is 13.2 Å². The summed E-state index contributed by atoms with van der Waals surface area (Å²) in [5.41, 5.74) is -0.822. The Morgan fingerprint density at radius 1 is 1.31 bits per heavy atom. The van der Waals surface area contributed by atoms with Gasteiger partial charge in [-0.3, -0.25) is 0 Å². The topological polar surface area (TPSA) is 20.2 Å². The Morgan fingerprint density at radius 2 is 1.92 bits per heavy atom. The summed E-state index contributed by atoms with van der Waals surface area (Å²) in [7, 11) is 0. The molecule has 72 valence electrons. The molecular weight excluding hydrogens is 296 g/mol. The van der Waals surface area contributed by atoms with Crippen molar-refractivity contribution in [2.24, 2.45) is 0 Å². The van der Waals surface area contributed by atoms with Crippen molar-refractivity contribution >= 4 is 22.6 Å². The quantitative estimate of drug-likeness (QED) is 0.791. The van der Waals surface area contributed by atoms with E-state index in [1.807, 2.05) is 0 Å². The number of hydrogen-bond acceptors (Lipinski definition) is 1. The van der Waals surface area contributed by atoms with E-state index in [1.165, 1.54) is 18.2 Å². The molecule has 0 saturated heterocycles. The molecule has 0 spiro atoms. The molecule has 0 saturated carbocycles. The molecule has 0 aromatic heterocycles. The molecule has 0 amide bonds. The van der Waals surface area contributed by atoms with E-state index in [1.54, 1.807) is 22.6 Å². The van der Waals surface area contributed by atoms with Crippen LogP contribution >= 0.6 is 22.6 Å². The van der Waals surface area contributed by atoms with Crippen LogP contribution in [-0.4, -0.2) is 5.11 Å². The van der Waals surface area contributed by atoms with Gasteiger partial charge in [0.25, 0.3) is 0 Å². The summed E-state index contributed by atoms with van der Waals surface area (Å²) < 4.78 is 37.2. The molecule has 1 N–H and O–H groups in total. The van der Waals surface area contributed by atoms with Gasteiger partial charge >= 0.3 is 6.18 Å². The van der Waals surface area contributed by atoms with E-state index in [0.29, 0.717) is 0 Å². The third-order valence-electron chi connectivity index (χ3n) is 1.55. The predicted octanol–water partition coefficient (Wildman–Crippen LogP) is 2.80. The minimum absolute atomic E-state index is 0.0839. The Kier molecular flexibility index (Phi) is 3.18. The van der Waals surface area contributed by atoms with Crippen LogP contribution in [0.2, 0.25) is 0 Å². The monoisotopic (exact) mass is 302 g/mol. The van der Waals surface area contributed by atoms with Crippen molar-refractivity contribution in [1.82, 2.24) is 0 Å². The molecule has 1 rings (SSSR count). The van der Waals surface area contributed by atoms with Gasteiger partial charge in [0, 0.05) is 3.57 Å². The van der Waals surface area contributed by atoms with Crippen molar-refractivity contribution < 1.29 is 18.3 Å². The zero-order chi connectivity index (χ0) is 10.1. The lowest BCUT2D eigenvalue weighted by molar-refractivity contribution is -0.139. The first-order valence-electron chi connectivity index (χ1n) is 3.42. The van der Waals surface area contributed by atoms with E-state index in [0.717, 1.165) is 0 Å². The third-order valence-corrected chi connectivity index (χ3v) is 2.45. The highest BCUT2D eigenvalue weighted by Gasteiger charge is 2.35. The van der Waals surface area contributed by atoms with Gasteiger partial charge in [0.2, 0.25) is 0 Å². The van der Waals surface area contributed by atoms with Crippen LogP contribution in [0.1, 0.15) is 11.1 Å². The maximum atomic E-state index is 12.4. The van der Waals surface area contributed by atoms with Crippen LogP contribution < -0.4 is 0 Å². The highest BCUT2D eigenvalue weighted by Crippen LogP contribution is 2.35. The summed E-state index contributed by atoms with van der Waals surface area (Å²) in [6.45, 7) is -0.592. The average Bonchev–Trinajstić information content (AvgIpc) is 2.01. The van der Waals surface area contributed by atoms with Crippen molar-refractivity contribution in [1.29, 1.82) is 0 Å². The zero-order valence-corrected chi connectivity index (χ0v) is 8.56. The smallest absolute Gasteiger partial charge is 0.392 e. The summed E-state index contributed by atoms with van der Waals surface area (Å²) in [6.07, 6.45) is -4.39. The number of aliphatic hydroxyl groups is 1. The van der Waals surface area contributed by atoms with E-state index in [-0.39, 0.29) is 9.13 Å². The largest absolute Gasteiger partial charge is 0.417 e. The number of hydrogen-bond donors (Lipinski definition) is 1. The van der Waals surface area contributed by atoms with Gasteiger partial charge in [0.15, 0.2) is 0 Å². The van der Waals surface area contributed by atoms with E-state index in [2.05, 4.69) is 0 Å². The molecule has 0 fully saturated rings. The van der Waals surface area contributed by atoms with Gasteiger partial charge in [-0.1, -0.05) is 12.1 Å². The number of rotatable bonds is 1. The molecule has 1 aromatic rings. The molecule has 0 aliphatic rings. The molecule has 0 aliphatic carbocycles. The maximum Gasteiger partial charge on any atom is 0.417 e. The molecule has 0 heterocycles. The van der Waals surface area contributed by atoms with Crippen molar-refractivity contribution in [3.05, 3.63) is 32.9 Å². The highest BCUT2D eigenvalue weighted by atomic mass is 127. The molecule has 13 heavy (non-hydrogen) atoms. The van der Waals surface area contributed by atoms with Crippen LogP contribution in [0.15, 0.2) is 18.2 Å². The molecule has 0 unspecified atom stereocenters. The summed E-state index contributed by atoms with van der Waals surface area (Å²) in [5, 5.41) is 8.70. The number of benzene rings is 1. The van der Waals surface area contributed by atoms with Crippen LogP contribution in [0.3, 0.4) is 0 Å². The molecule has 0 atom stereocenters. The molecule has 0 radical (unpaired) electrons. The van der Waals surface area contributed by atoms with Crippen molar-refractivity contribution in [3.63, 3.8) is 0 Å². The van der Waals surface area contributed by atoms with Gasteiger partial charge in [0.05, 0.1) is 12.2 Å². The normalized spacial score (nSPS) is 11.8. The number of aliphatic hydroxyl groups excluding tert-OH is 1. The van der Waals surface area contributed by atoms with Crippen molar-refractivity contribution in [2.75, 3.05) is 0 Å². The maximum absolute atomic E-state index is 12.4. The van der Waals surface area contributed by atoms with Crippen molar-refractivity contribution in [3.8, 4) is 0 Å². The lowest BCUT2D eigenvalue weighted by atomic mass is 10.1. The fourth-order valence-corrected chi connectivity index (χ4v) is 1.88. The van der Waals surface area contributed by atoms with Gasteiger partial charge < -0.3 is 5.11 Å². The minimum Gasteiger partial charge on any atom is -0.392 e. The van der Waals surface area contributed by atoms with Gasteiger partial charge in [-0.25, -0.2) is 0 Å². The summed E-state index contributed by atoms with van der Waals surface area (Å²) in [5.74, 6) is 0. The Bertz CT molecular complexity index is 309. The number of halogens is 4. The average molecular weight is 302 g/mol. The molecule has 1 aromatic carbocycles. The first-order valence-corrected chi connectivity index (χ1v) is 4.50. The molecule has 0 bridgehead atoms. The second-order valence-corrected chi connectivity index (χ2v) is 3.59. The molecule has 1 nitrogen and oxygen atoms in total. The Morgan fingerprint density at radius 3 is 2.31 bits per heavy atom. The second-order valence-electron chi connectivity index (χ2n) is 2.43. The van der Waals surface area contributed by atoms with E-state index < -0.39 is 18.3 Å². The third kappa shape index (κ3) is 2.34. The summed E-state index contributed by atoms with van der Waals surface area (Å²) in [6, 6.07) is 4.12. The summed E-state index contributed by atoms with van der Waals surface area (Å²) >= 11 is 1.60. The standard InChI is InChI=1S/C8H6F3IO/c9-8(10,11)7-5(4-13)2-1-3-6(7)12/h1-3,13H,4H2. The van der Waals surface area contributed by atoms with Gasteiger partial charge in [-0.15, -0.1) is 0 Å². The predicted molar refractivity (Wildman–Crippen MR) is 50.1 cm³/mol. The lowest BCUT2D eigenvalue weighted by Gasteiger charge is -2.12. The molecular formula is C8H6F3IO. The van der Waals surface area contributed by atoms with Gasteiger partial charge in [-0.05, 0) is 34.2 Å². The second kappa shape index (κ2) is 3.83. The van der Waals surface area contributed by atoms with Crippen LogP contribution in [0.5, 0.6) is 0 Å². The van der Waals surface area contributed by atoms with Crippen LogP contribution in [0, 0.1) is 3.57 Å². The van der Waals surface area contributed by atoms with Crippen LogP contribution in [-0.2, 0) is 12.8 Å². The highest BCUT2D eigenvalue weighted by molar-refractivity contribution is 14.1. The Labute approximate surface area is 86.7 Å².